The first-order valence-corrected chi connectivity index (χ1v) is 8.07. The number of halogens is 2. The highest BCUT2D eigenvalue weighted by atomic mass is 35.5. The Morgan fingerprint density at radius 1 is 1.24 bits per heavy atom. The third-order valence-corrected chi connectivity index (χ3v) is 7.66. The molecule has 4 nitrogen and oxygen atoms in total. The second-order valence-electron chi connectivity index (χ2n) is 6.44. The highest BCUT2D eigenvalue weighted by Crippen LogP contribution is 2.76. The van der Waals surface area contributed by atoms with Crippen LogP contribution in [0.15, 0.2) is 12.3 Å². The largest absolute Gasteiger partial charge is 0.485 e. The number of hydrogen-bond acceptors (Lipinski definition) is 4. The molecule has 2 bridgehead atoms. The van der Waals surface area contributed by atoms with E-state index >= 15 is 0 Å². The Morgan fingerprint density at radius 2 is 1.90 bits per heavy atom. The van der Waals surface area contributed by atoms with Crippen molar-refractivity contribution in [2.24, 2.45) is 11.8 Å². The normalized spacial score (nSPS) is 52.7. The maximum atomic E-state index is 13.3. The molecule has 1 heterocycles. The molecule has 0 aromatic rings. The molecule has 21 heavy (non-hydrogen) atoms. The van der Waals surface area contributed by atoms with E-state index in [0.29, 0.717) is 6.42 Å². The summed E-state index contributed by atoms with van der Waals surface area (Å²) in [5.41, 5.74) is -1.17. The van der Waals surface area contributed by atoms with Gasteiger partial charge < -0.3 is 14.2 Å². The van der Waals surface area contributed by atoms with Crippen molar-refractivity contribution >= 4 is 29.0 Å². The van der Waals surface area contributed by atoms with Crippen LogP contribution in [0, 0.1) is 11.8 Å². The molecule has 3 saturated carbocycles. The summed E-state index contributed by atoms with van der Waals surface area (Å²) in [7, 11) is 3.01. The van der Waals surface area contributed by atoms with Crippen LogP contribution in [0.4, 0.5) is 0 Å². The topological polar surface area (TPSA) is 44.8 Å². The van der Waals surface area contributed by atoms with Crippen molar-refractivity contribution in [3.05, 3.63) is 12.3 Å². The lowest BCUT2D eigenvalue weighted by atomic mass is 9.70. The molecular weight excluding hydrogens is 315 g/mol. The molecule has 1 aliphatic heterocycles. The highest BCUT2D eigenvalue weighted by molar-refractivity contribution is 6.45. The van der Waals surface area contributed by atoms with Gasteiger partial charge in [-0.15, -0.1) is 23.2 Å². The molecule has 4 aliphatic rings. The van der Waals surface area contributed by atoms with Crippen LogP contribution in [0.5, 0.6) is 0 Å². The first kappa shape index (κ1) is 14.3. The van der Waals surface area contributed by atoms with Gasteiger partial charge in [0.15, 0.2) is 15.3 Å². The maximum absolute atomic E-state index is 13.3. The van der Waals surface area contributed by atoms with Gasteiger partial charge in [0.2, 0.25) is 11.6 Å². The smallest absolute Gasteiger partial charge is 0.219 e. The number of Topliss-reactive ketones (excluding diaryl/α,β-unsaturated/α-hetero) is 1. The third kappa shape index (κ3) is 1.08. The fraction of sp³-hybridized carbons (Fsp3) is 0.800. The van der Waals surface area contributed by atoms with E-state index in [2.05, 4.69) is 0 Å². The summed E-state index contributed by atoms with van der Waals surface area (Å²) < 4.78 is 17.2. The number of hydrogen-bond donors (Lipinski definition) is 0. The van der Waals surface area contributed by atoms with Gasteiger partial charge >= 0.3 is 0 Å². The van der Waals surface area contributed by atoms with E-state index in [0.717, 1.165) is 19.3 Å². The Morgan fingerprint density at radius 3 is 2.48 bits per heavy atom. The Labute approximate surface area is 133 Å². The minimum absolute atomic E-state index is 0.0288. The Kier molecular flexibility index (Phi) is 2.70. The maximum Gasteiger partial charge on any atom is 0.219 e. The van der Waals surface area contributed by atoms with Crippen LogP contribution >= 0.6 is 23.2 Å². The van der Waals surface area contributed by atoms with E-state index in [1.807, 2.05) is 6.08 Å². The van der Waals surface area contributed by atoms with Crippen LogP contribution in [0.1, 0.15) is 25.7 Å². The molecule has 0 N–H and O–H groups in total. The van der Waals surface area contributed by atoms with Crippen LogP contribution in [0.3, 0.4) is 0 Å². The lowest BCUT2D eigenvalue weighted by molar-refractivity contribution is -0.235. The van der Waals surface area contributed by atoms with E-state index in [4.69, 9.17) is 37.4 Å². The van der Waals surface area contributed by atoms with Gasteiger partial charge in [-0.25, -0.2) is 0 Å². The van der Waals surface area contributed by atoms with Gasteiger partial charge in [0, 0.05) is 20.6 Å². The molecule has 0 saturated heterocycles. The Balaban J connectivity index is 2.02. The second-order valence-corrected chi connectivity index (χ2v) is 7.63. The van der Waals surface area contributed by atoms with Crippen molar-refractivity contribution in [3.63, 3.8) is 0 Å². The first-order chi connectivity index (χ1) is 9.96. The number of carbonyl (C=O) groups is 1. The number of methoxy groups -OCH3 is 2. The average molecular weight is 333 g/mol. The highest BCUT2D eigenvalue weighted by Gasteiger charge is 2.94. The van der Waals surface area contributed by atoms with Crippen LogP contribution in [-0.4, -0.2) is 41.1 Å². The van der Waals surface area contributed by atoms with Crippen LogP contribution in [0.2, 0.25) is 0 Å². The predicted molar refractivity (Wildman–Crippen MR) is 77.3 cm³/mol. The second kappa shape index (κ2) is 3.97. The summed E-state index contributed by atoms with van der Waals surface area (Å²) in [4.78, 5) is 10.9. The minimum Gasteiger partial charge on any atom is -0.485 e. The van der Waals surface area contributed by atoms with Gasteiger partial charge in [-0.05, 0) is 30.8 Å². The Bertz CT molecular complexity index is 536. The molecule has 3 aliphatic carbocycles. The molecule has 0 aromatic heterocycles. The Hall–Kier alpha value is -0.290. The number of fused-ring (bicyclic) bond motifs is 6. The van der Waals surface area contributed by atoms with Crippen molar-refractivity contribution in [1.29, 1.82) is 0 Å². The monoisotopic (exact) mass is 332 g/mol. The molecule has 0 aromatic carbocycles. The van der Waals surface area contributed by atoms with Crippen molar-refractivity contribution in [2.75, 3.05) is 14.2 Å². The third-order valence-electron chi connectivity index (χ3n) is 6.13. The fourth-order valence-corrected chi connectivity index (χ4v) is 7.03. The molecule has 0 amide bonds. The zero-order valence-electron chi connectivity index (χ0n) is 12.0. The summed E-state index contributed by atoms with van der Waals surface area (Å²) in [6, 6.07) is 0. The van der Waals surface area contributed by atoms with Crippen LogP contribution < -0.4 is 0 Å². The fourth-order valence-electron chi connectivity index (χ4n) is 5.49. The van der Waals surface area contributed by atoms with Gasteiger partial charge in [0.05, 0.1) is 6.26 Å². The summed E-state index contributed by atoms with van der Waals surface area (Å²) >= 11 is 14.1. The van der Waals surface area contributed by atoms with Crippen molar-refractivity contribution in [2.45, 2.75) is 46.8 Å². The van der Waals surface area contributed by atoms with Gasteiger partial charge in [-0.2, -0.15) is 0 Å². The molecule has 3 fully saturated rings. The number of ether oxygens (including phenoxy) is 3. The van der Waals surface area contributed by atoms with Gasteiger partial charge in [0.25, 0.3) is 0 Å². The molecule has 4 rings (SSSR count). The molecule has 5 atom stereocenters. The summed E-state index contributed by atoms with van der Waals surface area (Å²) in [5, 5.41) is 0. The number of rotatable bonds is 2. The quantitative estimate of drug-likeness (QED) is 0.576. The SMILES string of the molecule is COC1(OC)[C@]2(Cl)[C@H]3CCC[C@H]3[C@@]1(Cl)C(=O)[C@]21CC=CO1. The lowest BCUT2D eigenvalue weighted by Crippen LogP contribution is -2.63. The summed E-state index contributed by atoms with van der Waals surface area (Å²) in [6.45, 7) is 0. The molecule has 1 spiro atoms. The number of ketones is 1. The minimum atomic E-state index is -1.36. The first-order valence-electron chi connectivity index (χ1n) is 7.32. The van der Waals surface area contributed by atoms with Gasteiger partial charge in [-0.3, -0.25) is 4.79 Å². The van der Waals surface area contributed by atoms with Gasteiger partial charge in [0.1, 0.15) is 0 Å². The average Bonchev–Trinajstić information content (AvgIpc) is 3.19. The van der Waals surface area contributed by atoms with Crippen LogP contribution in [-0.2, 0) is 19.0 Å². The van der Waals surface area contributed by atoms with E-state index in [9.17, 15) is 4.79 Å². The summed E-state index contributed by atoms with van der Waals surface area (Å²) in [5.74, 6) is -1.53. The predicted octanol–water partition coefficient (Wildman–Crippen LogP) is 2.62. The zero-order chi connectivity index (χ0) is 15.1. The van der Waals surface area contributed by atoms with Crippen LogP contribution in [0.25, 0.3) is 0 Å². The van der Waals surface area contributed by atoms with Crippen molar-refractivity contribution < 1.29 is 19.0 Å². The number of alkyl halides is 2. The van der Waals surface area contributed by atoms with E-state index < -0.39 is 21.1 Å². The van der Waals surface area contributed by atoms with E-state index in [-0.39, 0.29) is 17.6 Å². The molecule has 0 unspecified atom stereocenters. The van der Waals surface area contributed by atoms with E-state index in [1.165, 1.54) is 14.2 Å². The number of carbonyl (C=O) groups excluding carboxylic acids is 1. The molecule has 6 heteroatoms. The van der Waals surface area contributed by atoms with E-state index in [1.54, 1.807) is 6.26 Å². The lowest BCUT2D eigenvalue weighted by Gasteiger charge is -2.45. The van der Waals surface area contributed by atoms with Crippen molar-refractivity contribution in [3.8, 4) is 0 Å². The standard InChI is InChI=1S/C15H18Cl2O4/c1-19-15(20-2)13(16)9-5-3-6-10(9)14(15,17)12(11(13)18)7-4-8-21-12/h4,8-10H,3,5-7H2,1-2H3/t9-,10+,12-,13-,14+/m1/s1. The molecule has 0 radical (unpaired) electrons. The molecular formula is C15H18Cl2O4. The molecule has 116 valence electrons. The zero-order valence-corrected chi connectivity index (χ0v) is 13.5. The van der Waals surface area contributed by atoms with Crippen molar-refractivity contribution in [1.82, 2.24) is 0 Å². The van der Waals surface area contributed by atoms with Gasteiger partial charge in [-0.1, -0.05) is 6.42 Å². The summed E-state index contributed by atoms with van der Waals surface area (Å²) in [6.07, 6.45) is 6.58.